The standard InChI is InChI=1S/C19H22O3/c1-2-6-18(21)14-22-19-13-17(20)12-11-16(19)10-9-15-7-4-3-5-8-15/h3-5,7-13,18,20-21H,2,6,14H2,1H3/b10-9+. The summed E-state index contributed by atoms with van der Waals surface area (Å²) >= 11 is 0. The van der Waals surface area contributed by atoms with E-state index in [1.807, 2.05) is 49.4 Å². The molecule has 0 saturated carbocycles. The van der Waals surface area contributed by atoms with Gasteiger partial charge in [0.2, 0.25) is 0 Å². The number of hydrogen-bond donors (Lipinski definition) is 2. The second-order valence-corrected chi connectivity index (χ2v) is 5.22. The van der Waals surface area contributed by atoms with Crippen LogP contribution in [-0.2, 0) is 0 Å². The minimum atomic E-state index is -0.488. The molecule has 1 unspecified atom stereocenters. The van der Waals surface area contributed by atoms with Crippen molar-refractivity contribution in [2.75, 3.05) is 6.61 Å². The topological polar surface area (TPSA) is 49.7 Å². The Bertz CT molecular complexity index is 605. The zero-order valence-electron chi connectivity index (χ0n) is 12.8. The first-order valence-electron chi connectivity index (χ1n) is 7.56. The predicted octanol–water partition coefficient (Wildman–Crippen LogP) is 4.10. The molecular weight excluding hydrogens is 276 g/mol. The molecular formula is C19H22O3. The molecule has 0 bridgehead atoms. The quantitative estimate of drug-likeness (QED) is 0.757. The summed E-state index contributed by atoms with van der Waals surface area (Å²) in [5.74, 6) is 0.721. The second-order valence-electron chi connectivity index (χ2n) is 5.22. The SMILES string of the molecule is CCCC(O)COc1cc(O)ccc1/C=C/c1ccccc1. The average Bonchev–Trinajstić information content (AvgIpc) is 2.53. The minimum absolute atomic E-state index is 0.150. The molecule has 2 rings (SSSR count). The van der Waals surface area contributed by atoms with Gasteiger partial charge in [-0.2, -0.15) is 0 Å². The first-order chi connectivity index (χ1) is 10.7. The monoisotopic (exact) mass is 298 g/mol. The summed E-state index contributed by atoms with van der Waals surface area (Å²) in [5, 5.41) is 19.4. The predicted molar refractivity (Wildman–Crippen MR) is 89.9 cm³/mol. The number of aromatic hydroxyl groups is 1. The van der Waals surface area contributed by atoms with Gasteiger partial charge < -0.3 is 14.9 Å². The summed E-state index contributed by atoms with van der Waals surface area (Å²) in [7, 11) is 0. The number of aliphatic hydroxyl groups excluding tert-OH is 1. The lowest BCUT2D eigenvalue weighted by atomic mass is 10.1. The van der Waals surface area contributed by atoms with E-state index in [0.717, 1.165) is 17.5 Å². The zero-order chi connectivity index (χ0) is 15.8. The summed E-state index contributed by atoms with van der Waals surface area (Å²) in [6.07, 6.45) is 5.05. The van der Waals surface area contributed by atoms with Gasteiger partial charge in [0, 0.05) is 11.6 Å². The van der Waals surface area contributed by atoms with Crippen LogP contribution in [0.5, 0.6) is 11.5 Å². The van der Waals surface area contributed by atoms with Gasteiger partial charge >= 0.3 is 0 Å². The zero-order valence-corrected chi connectivity index (χ0v) is 12.8. The van der Waals surface area contributed by atoms with Gasteiger partial charge in [0.05, 0.1) is 6.10 Å². The fraction of sp³-hybridized carbons (Fsp3) is 0.263. The Morgan fingerprint density at radius 3 is 2.59 bits per heavy atom. The van der Waals surface area contributed by atoms with Gasteiger partial charge in [-0.1, -0.05) is 55.8 Å². The van der Waals surface area contributed by atoms with Crippen molar-refractivity contribution < 1.29 is 14.9 Å². The average molecular weight is 298 g/mol. The molecule has 1 atom stereocenters. The van der Waals surface area contributed by atoms with Crippen LogP contribution in [0.4, 0.5) is 0 Å². The van der Waals surface area contributed by atoms with Crippen LogP contribution in [0.1, 0.15) is 30.9 Å². The molecule has 0 fully saturated rings. The lowest BCUT2D eigenvalue weighted by Gasteiger charge is -2.13. The van der Waals surface area contributed by atoms with E-state index in [4.69, 9.17) is 4.74 Å². The highest BCUT2D eigenvalue weighted by Crippen LogP contribution is 2.26. The summed E-state index contributed by atoms with van der Waals surface area (Å²) in [4.78, 5) is 0. The van der Waals surface area contributed by atoms with Crippen molar-refractivity contribution in [1.29, 1.82) is 0 Å². The molecule has 0 heterocycles. The molecule has 0 saturated heterocycles. The van der Waals surface area contributed by atoms with Gasteiger partial charge in [0.15, 0.2) is 0 Å². The molecule has 3 heteroatoms. The van der Waals surface area contributed by atoms with Crippen molar-refractivity contribution >= 4 is 12.2 Å². The molecule has 116 valence electrons. The number of phenolic OH excluding ortho intramolecular Hbond substituents is 1. The molecule has 0 aliphatic carbocycles. The number of phenols is 1. The van der Waals surface area contributed by atoms with Crippen LogP contribution < -0.4 is 4.74 Å². The Labute approximate surface area is 131 Å². The number of rotatable bonds is 7. The molecule has 2 N–H and O–H groups in total. The Morgan fingerprint density at radius 1 is 1.09 bits per heavy atom. The molecule has 22 heavy (non-hydrogen) atoms. The number of hydrogen-bond acceptors (Lipinski definition) is 3. The van der Waals surface area contributed by atoms with Crippen LogP contribution >= 0.6 is 0 Å². The summed E-state index contributed by atoms with van der Waals surface area (Å²) in [5.41, 5.74) is 1.96. The summed E-state index contributed by atoms with van der Waals surface area (Å²) in [6, 6.07) is 15.0. The van der Waals surface area contributed by atoms with Crippen molar-refractivity contribution in [3.63, 3.8) is 0 Å². The van der Waals surface area contributed by atoms with E-state index in [9.17, 15) is 10.2 Å². The van der Waals surface area contributed by atoms with Gasteiger partial charge in [0.1, 0.15) is 18.1 Å². The molecule has 0 aliphatic rings. The van der Waals surface area contributed by atoms with Crippen molar-refractivity contribution in [2.24, 2.45) is 0 Å². The van der Waals surface area contributed by atoms with Crippen LogP contribution in [0, 0.1) is 0 Å². The van der Waals surface area contributed by atoms with Crippen LogP contribution in [-0.4, -0.2) is 22.9 Å². The highest BCUT2D eigenvalue weighted by Gasteiger charge is 2.07. The number of ether oxygens (including phenoxy) is 1. The smallest absolute Gasteiger partial charge is 0.130 e. The van der Waals surface area contributed by atoms with E-state index in [1.165, 1.54) is 0 Å². The van der Waals surface area contributed by atoms with Crippen molar-refractivity contribution in [3.8, 4) is 11.5 Å². The molecule has 0 radical (unpaired) electrons. The highest BCUT2D eigenvalue weighted by atomic mass is 16.5. The van der Waals surface area contributed by atoms with Crippen molar-refractivity contribution in [3.05, 3.63) is 59.7 Å². The Kier molecular flexibility index (Phi) is 6.04. The van der Waals surface area contributed by atoms with Crippen molar-refractivity contribution in [2.45, 2.75) is 25.9 Å². The fourth-order valence-corrected chi connectivity index (χ4v) is 2.14. The van der Waals surface area contributed by atoms with Gasteiger partial charge in [-0.05, 0) is 24.1 Å². The maximum absolute atomic E-state index is 9.77. The number of benzene rings is 2. The van der Waals surface area contributed by atoms with Crippen LogP contribution in [0.3, 0.4) is 0 Å². The van der Waals surface area contributed by atoms with Gasteiger partial charge in [0.25, 0.3) is 0 Å². The molecule has 0 spiro atoms. The lowest BCUT2D eigenvalue weighted by Crippen LogP contribution is -2.17. The fourth-order valence-electron chi connectivity index (χ4n) is 2.14. The first-order valence-corrected chi connectivity index (χ1v) is 7.56. The number of aliphatic hydroxyl groups is 1. The van der Waals surface area contributed by atoms with Crippen LogP contribution in [0.15, 0.2) is 48.5 Å². The van der Waals surface area contributed by atoms with Crippen LogP contribution in [0.2, 0.25) is 0 Å². The molecule has 3 nitrogen and oxygen atoms in total. The third kappa shape index (κ3) is 4.93. The van der Waals surface area contributed by atoms with Gasteiger partial charge in [-0.15, -0.1) is 0 Å². The Morgan fingerprint density at radius 2 is 1.86 bits per heavy atom. The van der Waals surface area contributed by atoms with E-state index in [2.05, 4.69) is 0 Å². The molecule has 0 aliphatic heterocycles. The lowest BCUT2D eigenvalue weighted by molar-refractivity contribution is 0.0991. The third-order valence-electron chi connectivity index (χ3n) is 3.31. The minimum Gasteiger partial charge on any atom is -0.508 e. The largest absolute Gasteiger partial charge is 0.508 e. The molecule has 2 aromatic rings. The maximum Gasteiger partial charge on any atom is 0.130 e. The van der Waals surface area contributed by atoms with E-state index < -0.39 is 6.10 Å². The first kappa shape index (κ1) is 16.1. The van der Waals surface area contributed by atoms with E-state index in [1.54, 1.807) is 18.2 Å². The van der Waals surface area contributed by atoms with Crippen LogP contribution in [0.25, 0.3) is 12.2 Å². The van der Waals surface area contributed by atoms with Gasteiger partial charge in [-0.25, -0.2) is 0 Å². The van der Waals surface area contributed by atoms with Crippen molar-refractivity contribution in [1.82, 2.24) is 0 Å². The maximum atomic E-state index is 9.77. The molecule has 2 aromatic carbocycles. The summed E-state index contributed by atoms with van der Waals surface area (Å²) in [6.45, 7) is 2.25. The summed E-state index contributed by atoms with van der Waals surface area (Å²) < 4.78 is 5.66. The van der Waals surface area contributed by atoms with E-state index in [-0.39, 0.29) is 12.4 Å². The van der Waals surface area contributed by atoms with E-state index >= 15 is 0 Å². The molecule has 0 amide bonds. The second kappa shape index (κ2) is 8.25. The molecule has 0 aromatic heterocycles. The van der Waals surface area contributed by atoms with Gasteiger partial charge in [-0.3, -0.25) is 0 Å². The Balaban J connectivity index is 2.12. The third-order valence-corrected chi connectivity index (χ3v) is 3.31. The normalized spacial score (nSPS) is 12.5. The highest BCUT2D eigenvalue weighted by molar-refractivity contribution is 5.73. The Hall–Kier alpha value is -2.26. The van der Waals surface area contributed by atoms with E-state index in [0.29, 0.717) is 12.2 Å².